The van der Waals surface area contributed by atoms with Crippen molar-refractivity contribution >= 4 is 12.0 Å². The number of carbonyl (C=O) groups is 2. The van der Waals surface area contributed by atoms with Gasteiger partial charge in [0.1, 0.15) is 0 Å². The summed E-state index contributed by atoms with van der Waals surface area (Å²) in [6.07, 6.45) is 2.58. The summed E-state index contributed by atoms with van der Waals surface area (Å²) in [5.41, 5.74) is 3.72. The van der Waals surface area contributed by atoms with Gasteiger partial charge in [-0.05, 0) is 51.2 Å². The lowest BCUT2D eigenvalue weighted by molar-refractivity contribution is -0.122. The van der Waals surface area contributed by atoms with Crippen LogP contribution in [0.25, 0.3) is 0 Å². The zero-order chi connectivity index (χ0) is 17.5. The van der Waals surface area contributed by atoms with E-state index in [1.807, 2.05) is 0 Å². The van der Waals surface area contributed by atoms with Gasteiger partial charge >= 0.3 is 6.09 Å². The highest BCUT2D eigenvalue weighted by molar-refractivity contribution is 5.76. The topological polar surface area (TPSA) is 58.6 Å². The van der Waals surface area contributed by atoms with Crippen molar-refractivity contribution in [3.8, 4) is 0 Å². The number of hydrogen-bond donors (Lipinski definition) is 1. The van der Waals surface area contributed by atoms with Crippen LogP contribution >= 0.6 is 0 Å². The van der Waals surface area contributed by atoms with Crippen molar-refractivity contribution < 1.29 is 14.3 Å². The highest BCUT2D eigenvalue weighted by atomic mass is 16.6. The average Bonchev–Trinajstić information content (AvgIpc) is 2.55. The zero-order valence-corrected chi connectivity index (χ0v) is 14.9. The van der Waals surface area contributed by atoms with E-state index in [9.17, 15) is 9.59 Å². The second-order valence-corrected chi connectivity index (χ2v) is 6.46. The Hall–Kier alpha value is -2.04. The molecule has 1 heterocycles. The van der Waals surface area contributed by atoms with Crippen LogP contribution in [-0.2, 0) is 16.0 Å². The van der Waals surface area contributed by atoms with Crippen LogP contribution in [0.2, 0.25) is 0 Å². The Morgan fingerprint density at radius 1 is 1.25 bits per heavy atom. The molecule has 5 nitrogen and oxygen atoms in total. The van der Waals surface area contributed by atoms with Crippen LogP contribution in [0.1, 0.15) is 42.9 Å². The molecule has 1 N–H and O–H groups in total. The van der Waals surface area contributed by atoms with E-state index in [1.54, 1.807) is 11.8 Å². The summed E-state index contributed by atoms with van der Waals surface area (Å²) in [5.74, 6) is 0.0876. The minimum absolute atomic E-state index is 0.0876. The Morgan fingerprint density at radius 2 is 1.96 bits per heavy atom. The number of rotatable bonds is 5. The van der Waals surface area contributed by atoms with E-state index in [0.29, 0.717) is 26.1 Å². The normalized spacial score (nSPS) is 15.2. The highest BCUT2D eigenvalue weighted by Gasteiger charge is 2.24. The zero-order valence-electron chi connectivity index (χ0n) is 14.9. The number of piperidine rings is 1. The maximum atomic E-state index is 12.2. The predicted octanol–water partition coefficient (Wildman–Crippen LogP) is 2.97. The first-order valence-corrected chi connectivity index (χ1v) is 8.76. The third kappa shape index (κ3) is 5.25. The molecule has 2 amide bonds. The molecule has 1 aromatic rings. The minimum atomic E-state index is -0.253. The summed E-state index contributed by atoms with van der Waals surface area (Å²) >= 11 is 0. The van der Waals surface area contributed by atoms with Gasteiger partial charge in [-0.3, -0.25) is 4.79 Å². The third-order valence-electron chi connectivity index (χ3n) is 4.51. The van der Waals surface area contributed by atoms with Crippen molar-refractivity contribution in [2.24, 2.45) is 0 Å². The van der Waals surface area contributed by atoms with Crippen LogP contribution in [-0.4, -0.2) is 42.6 Å². The van der Waals surface area contributed by atoms with Gasteiger partial charge in [0.05, 0.1) is 6.61 Å². The lowest BCUT2D eigenvalue weighted by Gasteiger charge is -2.31. The maximum absolute atomic E-state index is 12.2. The van der Waals surface area contributed by atoms with Crippen molar-refractivity contribution in [3.05, 3.63) is 34.9 Å². The molecule has 132 valence electrons. The van der Waals surface area contributed by atoms with Crippen LogP contribution in [0.5, 0.6) is 0 Å². The molecule has 1 fully saturated rings. The number of nitrogens with one attached hydrogen (secondary N) is 1. The molecule has 0 saturated carbocycles. The van der Waals surface area contributed by atoms with Gasteiger partial charge in [0.2, 0.25) is 5.91 Å². The van der Waals surface area contributed by atoms with Gasteiger partial charge < -0.3 is 15.0 Å². The Morgan fingerprint density at radius 3 is 2.58 bits per heavy atom. The molecule has 0 bridgehead atoms. The Balaban J connectivity index is 1.73. The lowest BCUT2D eigenvalue weighted by atomic mass is 10.0. The first-order valence-electron chi connectivity index (χ1n) is 8.76. The largest absolute Gasteiger partial charge is 0.450 e. The Kier molecular flexibility index (Phi) is 6.64. The number of ether oxygens (including phenoxy) is 1. The maximum Gasteiger partial charge on any atom is 0.409 e. The van der Waals surface area contributed by atoms with Gasteiger partial charge in [0, 0.05) is 25.6 Å². The number of amides is 2. The van der Waals surface area contributed by atoms with Gasteiger partial charge in [-0.1, -0.05) is 23.8 Å². The fraction of sp³-hybridized carbons (Fsp3) is 0.579. The van der Waals surface area contributed by atoms with Crippen molar-refractivity contribution in [1.82, 2.24) is 10.2 Å². The number of aryl methyl sites for hydroxylation is 3. The van der Waals surface area contributed by atoms with E-state index in [0.717, 1.165) is 19.3 Å². The van der Waals surface area contributed by atoms with E-state index >= 15 is 0 Å². The van der Waals surface area contributed by atoms with Crippen molar-refractivity contribution in [2.45, 2.75) is 52.5 Å². The van der Waals surface area contributed by atoms with E-state index in [2.05, 4.69) is 37.4 Å². The molecule has 2 rings (SSSR count). The molecule has 0 spiro atoms. The molecule has 1 saturated heterocycles. The predicted molar refractivity (Wildman–Crippen MR) is 94.0 cm³/mol. The Labute approximate surface area is 144 Å². The van der Waals surface area contributed by atoms with Crippen LogP contribution in [0.15, 0.2) is 18.2 Å². The average molecular weight is 332 g/mol. The molecule has 0 aromatic heterocycles. The van der Waals surface area contributed by atoms with Crippen molar-refractivity contribution in [3.63, 3.8) is 0 Å². The molecular formula is C19H28N2O3. The van der Waals surface area contributed by atoms with E-state index in [4.69, 9.17) is 4.74 Å². The van der Waals surface area contributed by atoms with Gasteiger partial charge in [0.25, 0.3) is 0 Å². The SMILES string of the molecule is CCOC(=O)N1CCC(NC(=O)CCc2ccc(C)cc2C)CC1. The highest BCUT2D eigenvalue weighted by Crippen LogP contribution is 2.14. The summed E-state index contributed by atoms with van der Waals surface area (Å²) in [5, 5.41) is 3.09. The molecule has 24 heavy (non-hydrogen) atoms. The standard InChI is InChI=1S/C19H28N2O3/c1-4-24-19(23)21-11-9-17(10-12-21)20-18(22)8-7-16-6-5-14(2)13-15(16)3/h5-6,13,17H,4,7-12H2,1-3H3,(H,20,22). The molecule has 0 radical (unpaired) electrons. The first kappa shape index (κ1) is 18.3. The molecule has 5 heteroatoms. The summed E-state index contributed by atoms with van der Waals surface area (Å²) in [4.78, 5) is 25.5. The minimum Gasteiger partial charge on any atom is -0.450 e. The molecular weight excluding hydrogens is 304 g/mol. The van der Waals surface area contributed by atoms with E-state index in [1.165, 1.54) is 16.7 Å². The van der Waals surface area contributed by atoms with Gasteiger partial charge in [0.15, 0.2) is 0 Å². The fourth-order valence-corrected chi connectivity index (χ4v) is 3.10. The molecule has 0 aliphatic carbocycles. The number of benzene rings is 1. The summed E-state index contributed by atoms with van der Waals surface area (Å²) in [6.45, 7) is 7.65. The van der Waals surface area contributed by atoms with Crippen LogP contribution in [0.3, 0.4) is 0 Å². The molecule has 0 atom stereocenters. The first-order chi connectivity index (χ1) is 11.5. The summed E-state index contributed by atoms with van der Waals surface area (Å²) < 4.78 is 5.00. The van der Waals surface area contributed by atoms with Crippen LogP contribution < -0.4 is 5.32 Å². The smallest absolute Gasteiger partial charge is 0.409 e. The molecule has 1 aliphatic rings. The number of hydrogen-bond acceptors (Lipinski definition) is 3. The second kappa shape index (κ2) is 8.71. The fourth-order valence-electron chi connectivity index (χ4n) is 3.10. The summed E-state index contributed by atoms with van der Waals surface area (Å²) in [6, 6.07) is 6.50. The number of nitrogens with zero attached hydrogens (tertiary/aromatic N) is 1. The van der Waals surface area contributed by atoms with Gasteiger partial charge in [-0.25, -0.2) is 4.79 Å². The molecule has 1 aromatic carbocycles. The summed E-state index contributed by atoms with van der Waals surface area (Å²) in [7, 11) is 0. The lowest BCUT2D eigenvalue weighted by Crippen LogP contribution is -2.46. The van der Waals surface area contributed by atoms with Crippen LogP contribution in [0, 0.1) is 13.8 Å². The second-order valence-electron chi connectivity index (χ2n) is 6.46. The van der Waals surface area contributed by atoms with Crippen molar-refractivity contribution in [1.29, 1.82) is 0 Å². The quantitative estimate of drug-likeness (QED) is 0.902. The number of likely N-dealkylation sites (tertiary alicyclic amines) is 1. The Bertz CT molecular complexity index is 578. The third-order valence-corrected chi connectivity index (χ3v) is 4.51. The van der Waals surface area contributed by atoms with Crippen LogP contribution in [0.4, 0.5) is 4.79 Å². The van der Waals surface area contributed by atoms with Gasteiger partial charge in [-0.15, -0.1) is 0 Å². The van der Waals surface area contributed by atoms with Crippen molar-refractivity contribution in [2.75, 3.05) is 19.7 Å². The van der Waals surface area contributed by atoms with E-state index in [-0.39, 0.29) is 18.0 Å². The molecule has 1 aliphatic heterocycles. The number of carbonyl (C=O) groups excluding carboxylic acids is 2. The van der Waals surface area contributed by atoms with E-state index < -0.39 is 0 Å². The molecule has 0 unspecified atom stereocenters. The van der Waals surface area contributed by atoms with Gasteiger partial charge in [-0.2, -0.15) is 0 Å². The monoisotopic (exact) mass is 332 g/mol.